The monoisotopic (exact) mass is 311 g/mol. The first-order valence-electron chi connectivity index (χ1n) is 5.09. The maximum absolute atomic E-state index is 13.5. The van der Waals surface area contributed by atoms with E-state index in [-0.39, 0.29) is 11.4 Å². The van der Waals surface area contributed by atoms with Crippen LogP contribution in [0.5, 0.6) is 0 Å². The Morgan fingerprint density at radius 2 is 2.11 bits per heavy atom. The maximum atomic E-state index is 13.5. The van der Waals surface area contributed by atoms with Gasteiger partial charge in [0.1, 0.15) is 16.8 Å². The summed E-state index contributed by atoms with van der Waals surface area (Å²) in [6, 6.07) is 1.36. The van der Waals surface area contributed by atoms with Crippen LogP contribution in [0.2, 0.25) is 5.02 Å². The van der Waals surface area contributed by atoms with Gasteiger partial charge in [0.15, 0.2) is 0 Å². The van der Waals surface area contributed by atoms with Gasteiger partial charge in [-0.2, -0.15) is 4.72 Å². The summed E-state index contributed by atoms with van der Waals surface area (Å²) >= 11 is 5.49. The van der Waals surface area contributed by atoms with Crippen molar-refractivity contribution in [1.29, 1.82) is 0 Å². The van der Waals surface area contributed by atoms with Gasteiger partial charge in [-0.15, -0.1) is 0 Å². The van der Waals surface area contributed by atoms with Crippen LogP contribution in [0.3, 0.4) is 0 Å². The molecule has 0 bridgehead atoms. The van der Waals surface area contributed by atoms with Crippen LogP contribution >= 0.6 is 11.6 Å². The van der Waals surface area contributed by atoms with Gasteiger partial charge < -0.3 is 10.2 Å². The summed E-state index contributed by atoms with van der Waals surface area (Å²) < 4.78 is 38.9. The molecule has 1 rings (SSSR count). The highest BCUT2D eigenvalue weighted by Gasteiger charge is 2.27. The van der Waals surface area contributed by atoms with Crippen molar-refractivity contribution in [2.45, 2.75) is 17.4 Å². The molecule has 1 aromatic carbocycles. The second-order valence-corrected chi connectivity index (χ2v) is 5.72. The molecule has 0 amide bonds. The van der Waals surface area contributed by atoms with Crippen LogP contribution in [0.1, 0.15) is 6.42 Å². The second-order valence-electron chi connectivity index (χ2n) is 3.60. The SMILES string of the molecule is O=C(O)[C@@H](CCO)NS(=O)(=O)c1ccc(Cl)cc1F. The molecule has 0 aliphatic heterocycles. The summed E-state index contributed by atoms with van der Waals surface area (Å²) in [6.07, 6.45) is -0.330. The lowest BCUT2D eigenvalue weighted by Crippen LogP contribution is -2.41. The third kappa shape index (κ3) is 4.13. The zero-order valence-electron chi connectivity index (χ0n) is 9.51. The number of carboxylic acids is 1. The van der Waals surface area contributed by atoms with Crippen molar-refractivity contribution < 1.29 is 27.8 Å². The van der Waals surface area contributed by atoms with Gasteiger partial charge in [-0.25, -0.2) is 12.8 Å². The van der Waals surface area contributed by atoms with Crippen molar-refractivity contribution in [1.82, 2.24) is 4.72 Å². The molecule has 19 heavy (non-hydrogen) atoms. The highest BCUT2D eigenvalue weighted by molar-refractivity contribution is 7.89. The second kappa shape index (κ2) is 6.29. The first-order chi connectivity index (χ1) is 8.77. The first kappa shape index (κ1) is 15.8. The summed E-state index contributed by atoms with van der Waals surface area (Å²) in [5.41, 5.74) is 0. The van der Waals surface area contributed by atoms with Crippen LogP contribution in [0.15, 0.2) is 23.1 Å². The minimum absolute atomic E-state index is 0.0154. The molecule has 0 aliphatic rings. The third-order valence-electron chi connectivity index (χ3n) is 2.20. The van der Waals surface area contributed by atoms with Crippen LogP contribution in [0, 0.1) is 5.82 Å². The van der Waals surface area contributed by atoms with Crippen molar-refractivity contribution >= 4 is 27.6 Å². The Balaban J connectivity index is 3.06. The van der Waals surface area contributed by atoms with Crippen LogP contribution < -0.4 is 4.72 Å². The fourth-order valence-corrected chi connectivity index (χ4v) is 2.75. The van der Waals surface area contributed by atoms with E-state index in [2.05, 4.69) is 0 Å². The minimum atomic E-state index is -4.35. The normalized spacial score (nSPS) is 13.2. The molecule has 0 saturated heterocycles. The van der Waals surface area contributed by atoms with Crippen molar-refractivity contribution in [3.8, 4) is 0 Å². The van der Waals surface area contributed by atoms with E-state index in [1.807, 2.05) is 0 Å². The van der Waals surface area contributed by atoms with Crippen LogP contribution in [-0.2, 0) is 14.8 Å². The fraction of sp³-hybridized carbons (Fsp3) is 0.300. The molecule has 0 spiro atoms. The summed E-state index contributed by atoms with van der Waals surface area (Å²) in [7, 11) is -4.35. The lowest BCUT2D eigenvalue weighted by atomic mass is 10.2. The number of aliphatic hydroxyl groups is 1. The number of benzene rings is 1. The maximum Gasteiger partial charge on any atom is 0.321 e. The Bertz CT molecular complexity index is 577. The molecular formula is C10H11ClFNO5S. The van der Waals surface area contributed by atoms with Crippen LogP contribution in [0.4, 0.5) is 4.39 Å². The van der Waals surface area contributed by atoms with Gasteiger partial charge in [0, 0.05) is 11.6 Å². The highest BCUT2D eigenvalue weighted by Crippen LogP contribution is 2.19. The summed E-state index contributed by atoms with van der Waals surface area (Å²) in [5, 5.41) is 17.4. The number of carboxylic acid groups (broad SMARTS) is 1. The lowest BCUT2D eigenvalue weighted by Gasteiger charge is -2.14. The molecule has 0 aliphatic carbocycles. The summed E-state index contributed by atoms with van der Waals surface area (Å²) in [5.74, 6) is -2.56. The largest absolute Gasteiger partial charge is 0.480 e. The zero-order valence-corrected chi connectivity index (χ0v) is 11.1. The predicted molar refractivity (Wildman–Crippen MR) is 64.9 cm³/mol. The van der Waals surface area contributed by atoms with Gasteiger partial charge in [-0.05, 0) is 24.6 Å². The molecule has 0 heterocycles. The number of hydrogen-bond acceptors (Lipinski definition) is 4. The van der Waals surface area contributed by atoms with E-state index in [4.69, 9.17) is 21.8 Å². The van der Waals surface area contributed by atoms with Crippen LogP contribution in [-0.4, -0.2) is 37.2 Å². The molecule has 0 saturated carbocycles. The Labute approximate surface area is 113 Å². The van der Waals surface area contributed by atoms with E-state index in [0.717, 1.165) is 12.1 Å². The number of carbonyl (C=O) groups is 1. The molecule has 0 fully saturated rings. The molecule has 106 valence electrons. The predicted octanol–water partition coefficient (Wildman–Crippen LogP) is 0.593. The molecular weight excluding hydrogens is 301 g/mol. The number of halogens is 2. The molecule has 0 unspecified atom stereocenters. The number of aliphatic hydroxyl groups excluding tert-OH is 1. The molecule has 0 aromatic heterocycles. The first-order valence-corrected chi connectivity index (χ1v) is 6.95. The molecule has 1 aromatic rings. The van der Waals surface area contributed by atoms with E-state index in [1.54, 1.807) is 4.72 Å². The Morgan fingerprint density at radius 1 is 1.47 bits per heavy atom. The Hall–Kier alpha value is -1.22. The van der Waals surface area contributed by atoms with E-state index in [0.29, 0.717) is 0 Å². The Kier molecular flexibility index (Phi) is 5.24. The van der Waals surface area contributed by atoms with Crippen molar-refractivity contribution in [2.24, 2.45) is 0 Å². The average molecular weight is 312 g/mol. The number of nitrogens with one attached hydrogen (secondary N) is 1. The van der Waals surface area contributed by atoms with Gasteiger partial charge in [0.2, 0.25) is 10.0 Å². The summed E-state index contributed by atoms with van der Waals surface area (Å²) in [4.78, 5) is 10.1. The number of sulfonamides is 1. The van der Waals surface area contributed by atoms with Crippen molar-refractivity contribution in [3.63, 3.8) is 0 Å². The molecule has 0 radical (unpaired) electrons. The lowest BCUT2D eigenvalue weighted by molar-refractivity contribution is -0.139. The number of aliphatic carboxylic acids is 1. The minimum Gasteiger partial charge on any atom is -0.480 e. The Morgan fingerprint density at radius 3 is 2.58 bits per heavy atom. The van der Waals surface area contributed by atoms with E-state index in [9.17, 15) is 17.6 Å². The average Bonchev–Trinajstić information content (AvgIpc) is 2.27. The van der Waals surface area contributed by atoms with Gasteiger partial charge in [0.05, 0.1) is 0 Å². The quantitative estimate of drug-likeness (QED) is 0.713. The molecule has 3 N–H and O–H groups in total. The zero-order chi connectivity index (χ0) is 14.6. The van der Waals surface area contributed by atoms with Gasteiger partial charge in [0.25, 0.3) is 0 Å². The van der Waals surface area contributed by atoms with Crippen molar-refractivity contribution in [2.75, 3.05) is 6.61 Å². The standard InChI is InChI=1S/C10H11ClFNO5S/c11-6-1-2-9(7(12)5-6)19(17,18)13-8(3-4-14)10(15)16/h1-2,5,8,13-14H,3-4H2,(H,15,16)/t8-/m1/s1. The molecule has 9 heteroatoms. The summed E-state index contributed by atoms with van der Waals surface area (Å²) in [6.45, 7) is -0.525. The van der Waals surface area contributed by atoms with Gasteiger partial charge >= 0.3 is 5.97 Å². The van der Waals surface area contributed by atoms with Crippen molar-refractivity contribution in [3.05, 3.63) is 29.0 Å². The topological polar surface area (TPSA) is 104 Å². The van der Waals surface area contributed by atoms with Crippen LogP contribution in [0.25, 0.3) is 0 Å². The number of hydrogen-bond donors (Lipinski definition) is 3. The number of rotatable bonds is 6. The smallest absolute Gasteiger partial charge is 0.321 e. The molecule has 1 atom stereocenters. The third-order valence-corrected chi connectivity index (χ3v) is 3.94. The van der Waals surface area contributed by atoms with E-state index >= 15 is 0 Å². The fourth-order valence-electron chi connectivity index (χ4n) is 1.31. The molecule has 6 nitrogen and oxygen atoms in total. The van der Waals surface area contributed by atoms with E-state index < -0.39 is 39.4 Å². The van der Waals surface area contributed by atoms with Gasteiger partial charge in [-0.3, -0.25) is 4.79 Å². The van der Waals surface area contributed by atoms with Gasteiger partial charge in [-0.1, -0.05) is 11.6 Å². The van der Waals surface area contributed by atoms with E-state index in [1.165, 1.54) is 6.07 Å². The highest BCUT2D eigenvalue weighted by atomic mass is 35.5.